The Balaban J connectivity index is 2.31. The van der Waals surface area contributed by atoms with Crippen LogP contribution in [-0.4, -0.2) is 0 Å². The van der Waals surface area contributed by atoms with E-state index in [0.717, 1.165) is 28.2 Å². The normalized spacial score (nSPS) is 10.3. The van der Waals surface area contributed by atoms with Crippen LogP contribution in [0, 0.1) is 19.7 Å². The van der Waals surface area contributed by atoms with Crippen molar-refractivity contribution in [1.82, 2.24) is 0 Å². The van der Waals surface area contributed by atoms with Crippen molar-refractivity contribution in [2.24, 2.45) is 0 Å². The van der Waals surface area contributed by atoms with Crippen molar-refractivity contribution < 1.29 is 4.39 Å². The van der Waals surface area contributed by atoms with Gasteiger partial charge in [0.25, 0.3) is 0 Å². The monoisotopic (exact) mass is 230 g/mol. The minimum atomic E-state index is -0.245. The van der Waals surface area contributed by atoms with Crippen LogP contribution in [0.25, 0.3) is 0 Å². The zero-order valence-electron chi connectivity index (χ0n) is 9.92. The molecule has 0 radical (unpaired) electrons. The molecule has 0 unspecified atom stereocenters. The molecule has 3 N–H and O–H groups in total. The summed E-state index contributed by atoms with van der Waals surface area (Å²) >= 11 is 0. The number of rotatable bonds is 2. The fraction of sp³-hybridized carbons (Fsp3) is 0.143. The van der Waals surface area contributed by atoms with E-state index in [0.29, 0.717) is 0 Å². The topological polar surface area (TPSA) is 38.0 Å². The van der Waals surface area contributed by atoms with E-state index in [9.17, 15) is 4.39 Å². The highest BCUT2D eigenvalue weighted by Gasteiger charge is 2.02. The van der Waals surface area contributed by atoms with Gasteiger partial charge in [0, 0.05) is 17.1 Å². The highest BCUT2D eigenvalue weighted by Crippen LogP contribution is 2.23. The molecule has 0 aromatic heterocycles. The molecule has 2 rings (SSSR count). The molecule has 0 saturated carbocycles. The van der Waals surface area contributed by atoms with Crippen LogP contribution in [0.4, 0.5) is 21.5 Å². The van der Waals surface area contributed by atoms with Gasteiger partial charge in [0.15, 0.2) is 0 Å². The van der Waals surface area contributed by atoms with Gasteiger partial charge < -0.3 is 11.1 Å². The molecule has 2 aromatic rings. The number of benzene rings is 2. The Kier molecular flexibility index (Phi) is 3.00. The van der Waals surface area contributed by atoms with Crippen LogP contribution in [0.15, 0.2) is 36.4 Å². The Morgan fingerprint density at radius 1 is 1.00 bits per heavy atom. The summed E-state index contributed by atoms with van der Waals surface area (Å²) < 4.78 is 13.1. The summed E-state index contributed by atoms with van der Waals surface area (Å²) in [6.45, 7) is 3.88. The quantitative estimate of drug-likeness (QED) is 0.771. The van der Waals surface area contributed by atoms with Gasteiger partial charge in [0.1, 0.15) is 5.82 Å². The lowest BCUT2D eigenvalue weighted by Gasteiger charge is -2.11. The smallest absolute Gasteiger partial charge is 0.125 e. The van der Waals surface area contributed by atoms with Crippen LogP contribution in [0.3, 0.4) is 0 Å². The van der Waals surface area contributed by atoms with E-state index < -0.39 is 0 Å². The molecule has 0 aliphatic rings. The number of hydrogen-bond donors (Lipinski definition) is 2. The Labute approximate surface area is 100 Å². The van der Waals surface area contributed by atoms with Crippen LogP contribution in [0.2, 0.25) is 0 Å². The van der Waals surface area contributed by atoms with Crippen molar-refractivity contribution in [3.63, 3.8) is 0 Å². The summed E-state index contributed by atoms with van der Waals surface area (Å²) in [5.41, 5.74) is 10.2. The lowest BCUT2D eigenvalue weighted by Crippen LogP contribution is -1.96. The van der Waals surface area contributed by atoms with E-state index in [1.807, 2.05) is 32.0 Å². The highest BCUT2D eigenvalue weighted by molar-refractivity contribution is 5.66. The summed E-state index contributed by atoms with van der Waals surface area (Å²) in [6.07, 6.45) is 0. The first-order chi connectivity index (χ1) is 8.06. The summed E-state index contributed by atoms with van der Waals surface area (Å²) in [5, 5.41) is 3.19. The Hall–Kier alpha value is -2.03. The van der Waals surface area contributed by atoms with E-state index >= 15 is 0 Å². The number of hydrogen-bond acceptors (Lipinski definition) is 2. The molecule has 0 bridgehead atoms. The maximum absolute atomic E-state index is 13.1. The zero-order chi connectivity index (χ0) is 12.4. The van der Waals surface area contributed by atoms with Gasteiger partial charge in [0.05, 0.1) is 0 Å². The molecule has 0 spiro atoms. The molecule has 17 heavy (non-hydrogen) atoms. The molecule has 3 heteroatoms. The highest BCUT2D eigenvalue weighted by atomic mass is 19.1. The first-order valence-corrected chi connectivity index (χ1v) is 5.45. The number of aryl methyl sites for hydroxylation is 2. The van der Waals surface area contributed by atoms with Crippen LogP contribution < -0.4 is 11.1 Å². The fourth-order valence-corrected chi connectivity index (χ4v) is 1.64. The van der Waals surface area contributed by atoms with Crippen LogP contribution in [-0.2, 0) is 0 Å². The third kappa shape index (κ3) is 2.56. The molecule has 88 valence electrons. The Morgan fingerprint density at radius 3 is 2.47 bits per heavy atom. The predicted molar refractivity (Wildman–Crippen MR) is 70.0 cm³/mol. The first-order valence-electron chi connectivity index (χ1n) is 5.45. The number of nitrogens with one attached hydrogen (secondary N) is 1. The molecule has 0 amide bonds. The molecule has 0 saturated heterocycles. The second kappa shape index (κ2) is 4.45. The van der Waals surface area contributed by atoms with E-state index in [-0.39, 0.29) is 5.82 Å². The van der Waals surface area contributed by atoms with Gasteiger partial charge in [0.2, 0.25) is 0 Å². The molecular weight excluding hydrogens is 215 g/mol. The Bertz CT molecular complexity index is 550. The zero-order valence-corrected chi connectivity index (χ0v) is 9.92. The van der Waals surface area contributed by atoms with E-state index in [1.165, 1.54) is 12.1 Å². The van der Waals surface area contributed by atoms with Gasteiger partial charge in [-0.05, 0) is 55.3 Å². The molecular formula is C14H15FN2. The molecule has 0 atom stereocenters. The first kappa shape index (κ1) is 11.5. The van der Waals surface area contributed by atoms with Gasteiger partial charge in [-0.15, -0.1) is 0 Å². The second-order valence-corrected chi connectivity index (χ2v) is 4.16. The predicted octanol–water partition coefficient (Wildman–Crippen LogP) is 3.77. The van der Waals surface area contributed by atoms with E-state index in [1.54, 1.807) is 6.07 Å². The molecule has 0 aliphatic carbocycles. The molecule has 2 nitrogen and oxygen atoms in total. The standard InChI is InChI=1S/C14H15FN2/c1-9-3-4-11(15)8-14(9)17-12-5-6-13(16)10(2)7-12/h3-8,17H,16H2,1-2H3. The Morgan fingerprint density at radius 2 is 1.76 bits per heavy atom. The lowest BCUT2D eigenvalue weighted by molar-refractivity contribution is 0.628. The van der Waals surface area contributed by atoms with Crippen molar-refractivity contribution >= 4 is 17.1 Å². The van der Waals surface area contributed by atoms with Crippen LogP contribution in [0.5, 0.6) is 0 Å². The summed E-state index contributed by atoms with van der Waals surface area (Å²) in [7, 11) is 0. The van der Waals surface area contributed by atoms with Crippen molar-refractivity contribution in [3.8, 4) is 0 Å². The minimum Gasteiger partial charge on any atom is -0.399 e. The fourth-order valence-electron chi connectivity index (χ4n) is 1.64. The van der Waals surface area contributed by atoms with Crippen molar-refractivity contribution in [3.05, 3.63) is 53.3 Å². The number of nitrogens with two attached hydrogens (primary N) is 1. The SMILES string of the molecule is Cc1cc(Nc2cc(F)ccc2C)ccc1N. The largest absolute Gasteiger partial charge is 0.399 e. The average molecular weight is 230 g/mol. The number of halogens is 1. The minimum absolute atomic E-state index is 0.245. The lowest BCUT2D eigenvalue weighted by atomic mass is 10.1. The third-order valence-electron chi connectivity index (χ3n) is 2.75. The average Bonchev–Trinajstić information content (AvgIpc) is 2.29. The van der Waals surface area contributed by atoms with Crippen LogP contribution in [0.1, 0.15) is 11.1 Å². The summed E-state index contributed by atoms with van der Waals surface area (Å²) in [5.74, 6) is -0.245. The van der Waals surface area contributed by atoms with Gasteiger partial charge in [-0.3, -0.25) is 0 Å². The molecule has 2 aromatic carbocycles. The van der Waals surface area contributed by atoms with Gasteiger partial charge in [-0.25, -0.2) is 4.39 Å². The van der Waals surface area contributed by atoms with Gasteiger partial charge >= 0.3 is 0 Å². The molecule has 0 aliphatic heterocycles. The van der Waals surface area contributed by atoms with Crippen molar-refractivity contribution in [1.29, 1.82) is 0 Å². The number of anilines is 3. The van der Waals surface area contributed by atoms with Crippen LogP contribution >= 0.6 is 0 Å². The van der Waals surface area contributed by atoms with Crippen molar-refractivity contribution in [2.45, 2.75) is 13.8 Å². The number of nitrogen functional groups attached to an aromatic ring is 1. The maximum Gasteiger partial charge on any atom is 0.125 e. The second-order valence-electron chi connectivity index (χ2n) is 4.16. The summed E-state index contributed by atoms with van der Waals surface area (Å²) in [4.78, 5) is 0. The van der Waals surface area contributed by atoms with Gasteiger partial charge in [-0.1, -0.05) is 6.07 Å². The summed E-state index contributed by atoms with van der Waals surface area (Å²) in [6, 6.07) is 10.4. The van der Waals surface area contributed by atoms with Gasteiger partial charge in [-0.2, -0.15) is 0 Å². The van der Waals surface area contributed by atoms with E-state index in [2.05, 4.69) is 5.32 Å². The van der Waals surface area contributed by atoms with E-state index in [4.69, 9.17) is 5.73 Å². The van der Waals surface area contributed by atoms with Crippen molar-refractivity contribution in [2.75, 3.05) is 11.1 Å². The third-order valence-corrected chi connectivity index (χ3v) is 2.75. The molecule has 0 heterocycles. The maximum atomic E-state index is 13.1. The molecule has 0 fully saturated rings.